The summed E-state index contributed by atoms with van der Waals surface area (Å²) in [5.74, 6) is 0. The predicted octanol–water partition coefficient (Wildman–Crippen LogP) is 1.30. The lowest BCUT2D eigenvalue weighted by atomic mass is 10.3. The molecule has 0 radical (unpaired) electrons. The highest BCUT2D eigenvalue weighted by Gasteiger charge is 2.12. The molecule has 2 aromatic heterocycles. The lowest BCUT2D eigenvalue weighted by Gasteiger charge is -1.93. The SMILES string of the molecule is C/C(=N\O)c1sc2ncnn2c1C. The van der Waals surface area contributed by atoms with E-state index in [0.29, 0.717) is 5.71 Å². The van der Waals surface area contributed by atoms with Gasteiger partial charge in [-0.25, -0.2) is 9.50 Å². The highest BCUT2D eigenvalue weighted by atomic mass is 32.1. The summed E-state index contributed by atoms with van der Waals surface area (Å²) in [4.78, 5) is 5.78. The Kier molecular flexibility index (Phi) is 1.77. The van der Waals surface area contributed by atoms with Crippen LogP contribution in [0.25, 0.3) is 4.96 Å². The van der Waals surface area contributed by atoms with Gasteiger partial charge in [-0.1, -0.05) is 16.5 Å². The van der Waals surface area contributed by atoms with Crippen LogP contribution in [0, 0.1) is 6.92 Å². The van der Waals surface area contributed by atoms with Crippen molar-refractivity contribution in [3.63, 3.8) is 0 Å². The summed E-state index contributed by atoms with van der Waals surface area (Å²) >= 11 is 1.46. The van der Waals surface area contributed by atoms with Gasteiger partial charge in [0.1, 0.15) is 6.33 Å². The molecule has 2 rings (SSSR count). The van der Waals surface area contributed by atoms with E-state index in [0.717, 1.165) is 15.5 Å². The van der Waals surface area contributed by atoms with Crippen molar-refractivity contribution in [3.8, 4) is 0 Å². The number of thiazole rings is 1. The molecule has 0 spiro atoms. The van der Waals surface area contributed by atoms with Crippen LogP contribution in [0.4, 0.5) is 0 Å². The fourth-order valence-corrected chi connectivity index (χ4v) is 2.15. The number of hydrogen-bond acceptors (Lipinski definition) is 5. The molecule has 0 saturated heterocycles. The van der Waals surface area contributed by atoms with Crippen molar-refractivity contribution in [1.29, 1.82) is 0 Å². The first-order valence-corrected chi connectivity index (χ1v) is 4.54. The number of fused-ring (bicyclic) bond motifs is 1. The van der Waals surface area contributed by atoms with Crippen molar-refractivity contribution in [2.75, 3.05) is 0 Å². The van der Waals surface area contributed by atoms with Crippen LogP contribution in [-0.4, -0.2) is 25.5 Å². The van der Waals surface area contributed by atoms with Gasteiger partial charge in [-0.2, -0.15) is 5.10 Å². The fourth-order valence-electron chi connectivity index (χ4n) is 1.17. The lowest BCUT2D eigenvalue weighted by molar-refractivity contribution is 0.319. The van der Waals surface area contributed by atoms with Crippen LogP contribution >= 0.6 is 11.3 Å². The Morgan fingerprint density at radius 2 is 2.46 bits per heavy atom. The quantitative estimate of drug-likeness (QED) is 0.425. The zero-order valence-corrected chi connectivity index (χ0v) is 8.04. The molecule has 0 aliphatic heterocycles. The second-order valence-electron chi connectivity index (χ2n) is 2.66. The van der Waals surface area contributed by atoms with E-state index in [1.165, 1.54) is 17.7 Å². The van der Waals surface area contributed by atoms with E-state index in [1.807, 2.05) is 6.92 Å². The third-order valence-electron chi connectivity index (χ3n) is 1.83. The third-order valence-corrected chi connectivity index (χ3v) is 3.09. The van der Waals surface area contributed by atoms with Crippen molar-refractivity contribution in [3.05, 3.63) is 16.9 Å². The van der Waals surface area contributed by atoms with Crippen LogP contribution in [-0.2, 0) is 0 Å². The van der Waals surface area contributed by atoms with E-state index in [-0.39, 0.29) is 0 Å². The van der Waals surface area contributed by atoms with E-state index in [4.69, 9.17) is 5.21 Å². The van der Waals surface area contributed by atoms with Crippen LogP contribution in [0.5, 0.6) is 0 Å². The van der Waals surface area contributed by atoms with Gasteiger partial charge in [0.2, 0.25) is 4.96 Å². The third kappa shape index (κ3) is 1.10. The van der Waals surface area contributed by atoms with Crippen molar-refractivity contribution < 1.29 is 5.21 Å². The average Bonchev–Trinajstić information content (AvgIpc) is 2.68. The van der Waals surface area contributed by atoms with Crippen molar-refractivity contribution >= 4 is 22.0 Å². The number of rotatable bonds is 1. The van der Waals surface area contributed by atoms with Crippen molar-refractivity contribution in [2.24, 2.45) is 5.16 Å². The minimum atomic E-state index is 0.592. The zero-order chi connectivity index (χ0) is 9.42. The van der Waals surface area contributed by atoms with Crippen LogP contribution in [0.15, 0.2) is 11.5 Å². The molecule has 0 saturated carbocycles. The molecule has 5 nitrogen and oxygen atoms in total. The van der Waals surface area contributed by atoms with Gasteiger partial charge in [0.15, 0.2) is 0 Å². The van der Waals surface area contributed by atoms with Crippen LogP contribution in [0.2, 0.25) is 0 Å². The van der Waals surface area contributed by atoms with E-state index in [9.17, 15) is 0 Å². The summed E-state index contributed by atoms with van der Waals surface area (Å²) in [6, 6.07) is 0. The number of hydrogen-bond donors (Lipinski definition) is 1. The normalized spacial score (nSPS) is 12.6. The molecule has 0 aliphatic rings. The Hall–Kier alpha value is -1.43. The molecule has 2 aromatic rings. The lowest BCUT2D eigenvalue weighted by Crippen LogP contribution is -1.96. The largest absolute Gasteiger partial charge is 0.411 e. The van der Waals surface area contributed by atoms with Crippen molar-refractivity contribution in [1.82, 2.24) is 14.6 Å². The maximum atomic E-state index is 8.62. The Morgan fingerprint density at radius 1 is 1.69 bits per heavy atom. The molecular weight excluding hydrogens is 188 g/mol. The molecule has 68 valence electrons. The fraction of sp³-hybridized carbons (Fsp3) is 0.286. The number of nitrogens with zero attached hydrogens (tertiary/aromatic N) is 4. The Morgan fingerprint density at radius 3 is 3.08 bits per heavy atom. The molecule has 6 heteroatoms. The van der Waals surface area contributed by atoms with E-state index < -0.39 is 0 Å². The highest BCUT2D eigenvalue weighted by molar-refractivity contribution is 7.19. The maximum absolute atomic E-state index is 8.62. The monoisotopic (exact) mass is 196 g/mol. The van der Waals surface area contributed by atoms with Crippen LogP contribution in [0.1, 0.15) is 17.5 Å². The minimum Gasteiger partial charge on any atom is -0.411 e. The van der Waals surface area contributed by atoms with Gasteiger partial charge in [0.25, 0.3) is 0 Å². The van der Waals surface area contributed by atoms with E-state index >= 15 is 0 Å². The molecular formula is C7H8N4OS. The molecule has 13 heavy (non-hydrogen) atoms. The van der Waals surface area contributed by atoms with Crippen LogP contribution < -0.4 is 0 Å². The first kappa shape index (κ1) is 8.18. The summed E-state index contributed by atoms with van der Waals surface area (Å²) in [5.41, 5.74) is 1.54. The average molecular weight is 196 g/mol. The standard InChI is InChI=1S/C7H8N4OS/c1-4(10-12)6-5(2)11-7(13-6)8-3-9-11/h3,12H,1-2H3/b10-4+. The first-order chi connectivity index (χ1) is 6.24. The van der Waals surface area contributed by atoms with Crippen LogP contribution in [0.3, 0.4) is 0 Å². The topological polar surface area (TPSA) is 62.8 Å². The van der Waals surface area contributed by atoms with Gasteiger partial charge in [0, 0.05) is 0 Å². The molecule has 1 N–H and O–H groups in total. The number of aryl methyl sites for hydroxylation is 1. The van der Waals surface area contributed by atoms with E-state index in [1.54, 1.807) is 11.4 Å². The van der Waals surface area contributed by atoms with Crippen molar-refractivity contribution in [2.45, 2.75) is 13.8 Å². The zero-order valence-electron chi connectivity index (χ0n) is 7.22. The van der Waals surface area contributed by atoms with Gasteiger partial charge in [-0.3, -0.25) is 0 Å². The molecule has 0 aromatic carbocycles. The smallest absolute Gasteiger partial charge is 0.212 e. The van der Waals surface area contributed by atoms with E-state index in [2.05, 4.69) is 15.2 Å². The summed E-state index contributed by atoms with van der Waals surface area (Å²) in [6.07, 6.45) is 1.51. The summed E-state index contributed by atoms with van der Waals surface area (Å²) < 4.78 is 1.73. The maximum Gasteiger partial charge on any atom is 0.212 e. The summed E-state index contributed by atoms with van der Waals surface area (Å²) in [6.45, 7) is 3.67. The molecule has 0 amide bonds. The minimum absolute atomic E-state index is 0.592. The molecule has 0 unspecified atom stereocenters. The number of oxime groups is 1. The van der Waals surface area contributed by atoms with Gasteiger partial charge < -0.3 is 5.21 Å². The predicted molar refractivity (Wildman–Crippen MR) is 49.6 cm³/mol. The second kappa shape index (κ2) is 2.81. The van der Waals surface area contributed by atoms with Gasteiger partial charge in [0.05, 0.1) is 16.3 Å². The Labute approximate surface area is 78.3 Å². The number of aromatic nitrogens is 3. The molecule has 0 fully saturated rings. The summed E-state index contributed by atoms with van der Waals surface area (Å²) in [7, 11) is 0. The molecule has 0 atom stereocenters. The van der Waals surface area contributed by atoms with Gasteiger partial charge in [-0.05, 0) is 13.8 Å². The first-order valence-electron chi connectivity index (χ1n) is 3.72. The Bertz CT molecular complexity index is 470. The Balaban J connectivity index is 2.71. The molecule has 0 bridgehead atoms. The molecule has 2 heterocycles. The highest BCUT2D eigenvalue weighted by Crippen LogP contribution is 2.20. The second-order valence-corrected chi connectivity index (χ2v) is 3.63. The van der Waals surface area contributed by atoms with Gasteiger partial charge >= 0.3 is 0 Å². The van der Waals surface area contributed by atoms with Gasteiger partial charge in [-0.15, -0.1) is 0 Å². The molecule has 0 aliphatic carbocycles. The summed E-state index contributed by atoms with van der Waals surface area (Å²) in [5, 5.41) is 15.8.